The summed E-state index contributed by atoms with van der Waals surface area (Å²) in [5, 5.41) is 20.6. The number of unbranched alkanes of at least 4 members (excludes halogenated alkanes) is 2. The van der Waals surface area contributed by atoms with Crippen molar-refractivity contribution in [2.45, 2.75) is 61.8 Å². The lowest BCUT2D eigenvalue weighted by molar-refractivity contribution is -0.132. The van der Waals surface area contributed by atoms with Crippen LogP contribution in [0.15, 0.2) is 82.7 Å². The minimum atomic E-state index is -0.919. The zero-order chi connectivity index (χ0) is 30.6. The molecule has 10 heteroatoms. The third kappa shape index (κ3) is 6.23. The van der Waals surface area contributed by atoms with Crippen LogP contribution in [0.2, 0.25) is 0 Å². The fraction of sp³-hybridized carbons (Fsp3) is 0.294. The second kappa shape index (κ2) is 13.2. The lowest BCUT2D eigenvalue weighted by Gasteiger charge is -2.23. The maximum atomic E-state index is 13.7. The van der Waals surface area contributed by atoms with Crippen LogP contribution in [-0.2, 0) is 21.8 Å². The number of amides is 1. The van der Waals surface area contributed by atoms with Crippen LogP contribution in [0.1, 0.15) is 61.4 Å². The number of aliphatic hydroxyl groups excluding tert-OH is 1. The van der Waals surface area contributed by atoms with Crippen molar-refractivity contribution in [1.82, 2.24) is 10.2 Å². The molecule has 0 unspecified atom stereocenters. The molecule has 0 saturated carbocycles. The monoisotopic (exact) mass is 627 g/mol. The number of ketones is 1. The quantitative estimate of drug-likeness (QED) is 0.0460. The van der Waals surface area contributed by atoms with Gasteiger partial charge in [0.2, 0.25) is 5.13 Å². The maximum absolute atomic E-state index is 13.7. The van der Waals surface area contributed by atoms with E-state index in [1.54, 1.807) is 12.1 Å². The Morgan fingerprint density at radius 3 is 2.73 bits per heavy atom. The second-order valence-electron chi connectivity index (χ2n) is 10.9. The number of aliphatic hydroxyl groups is 1. The molecule has 1 fully saturated rings. The van der Waals surface area contributed by atoms with E-state index >= 15 is 0 Å². The average Bonchev–Trinajstić information content (AvgIpc) is 3.73. The van der Waals surface area contributed by atoms with E-state index in [2.05, 4.69) is 17.1 Å². The molecule has 4 aromatic rings. The van der Waals surface area contributed by atoms with Gasteiger partial charge in [0.15, 0.2) is 4.34 Å². The normalized spacial score (nSPS) is 18.8. The molecule has 6 rings (SSSR count). The zero-order valence-electron chi connectivity index (χ0n) is 24.6. The number of carbonyl (C=O) groups excluding carboxylic acids is 2. The number of aromatic nitrogens is 2. The SMILES string of the molecule is CCCCCOc1cccc([C@H]2C(=C(O)c3ccc4c(c3)C[C@H](C)O4)C(=O)C(=O)N2c2nnc(SCc3ccccc3)s2)c1. The van der Waals surface area contributed by atoms with Crippen molar-refractivity contribution in [2.75, 3.05) is 11.5 Å². The van der Waals surface area contributed by atoms with E-state index in [4.69, 9.17) is 9.47 Å². The molecule has 1 aromatic heterocycles. The van der Waals surface area contributed by atoms with Crippen LogP contribution in [0, 0.1) is 0 Å². The molecule has 0 aliphatic carbocycles. The largest absolute Gasteiger partial charge is 0.507 e. The van der Waals surface area contributed by atoms with Gasteiger partial charge in [-0.2, -0.15) is 0 Å². The van der Waals surface area contributed by atoms with E-state index in [1.165, 1.54) is 28.0 Å². The fourth-order valence-electron chi connectivity index (χ4n) is 5.46. The lowest BCUT2D eigenvalue weighted by Crippen LogP contribution is -2.29. The number of carbonyl (C=O) groups is 2. The molecule has 3 heterocycles. The first kappa shape index (κ1) is 29.9. The van der Waals surface area contributed by atoms with Gasteiger partial charge in [-0.25, -0.2) is 0 Å². The highest BCUT2D eigenvalue weighted by atomic mass is 32.2. The molecule has 1 amide bonds. The predicted molar refractivity (Wildman–Crippen MR) is 172 cm³/mol. The summed E-state index contributed by atoms with van der Waals surface area (Å²) < 4.78 is 12.5. The summed E-state index contributed by atoms with van der Waals surface area (Å²) in [7, 11) is 0. The summed E-state index contributed by atoms with van der Waals surface area (Å²) in [6.45, 7) is 4.68. The molecule has 3 aromatic carbocycles. The maximum Gasteiger partial charge on any atom is 0.301 e. The van der Waals surface area contributed by atoms with Crippen molar-refractivity contribution in [3.05, 3.63) is 101 Å². The van der Waals surface area contributed by atoms with Crippen molar-refractivity contribution in [3.8, 4) is 11.5 Å². The Kier molecular flexibility index (Phi) is 8.99. The van der Waals surface area contributed by atoms with Crippen LogP contribution >= 0.6 is 23.1 Å². The van der Waals surface area contributed by atoms with Crippen LogP contribution in [0.25, 0.3) is 5.76 Å². The van der Waals surface area contributed by atoms with Gasteiger partial charge in [0.1, 0.15) is 23.4 Å². The summed E-state index contributed by atoms with van der Waals surface area (Å²) in [6, 6.07) is 21.8. The molecule has 0 bridgehead atoms. The first-order valence-electron chi connectivity index (χ1n) is 14.8. The van der Waals surface area contributed by atoms with Crippen molar-refractivity contribution in [2.24, 2.45) is 0 Å². The highest BCUT2D eigenvalue weighted by Crippen LogP contribution is 2.45. The third-order valence-corrected chi connectivity index (χ3v) is 9.74. The summed E-state index contributed by atoms with van der Waals surface area (Å²) in [4.78, 5) is 28.8. The van der Waals surface area contributed by atoms with E-state index < -0.39 is 17.7 Å². The Balaban J connectivity index is 1.38. The van der Waals surface area contributed by atoms with E-state index in [1.807, 2.05) is 67.6 Å². The van der Waals surface area contributed by atoms with Gasteiger partial charge in [0, 0.05) is 17.7 Å². The number of hydrogen-bond acceptors (Lipinski definition) is 9. The second-order valence-corrected chi connectivity index (χ2v) is 13.1. The molecule has 0 radical (unpaired) electrons. The minimum Gasteiger partial charge on any atom is -0.507 e. The predicted octanol–water partition coefficient (Wildman–Crippen LogP) is 7.35. The van der Waals surface area contributed by atoms with Crippen LogP contribution in [0.3, 0.4) is 0 Å². The van der Waals surface area contributed by atoms with Crippen LogP contribution in [0.5, 0.6) is 11.5 Å². The van der Waals surface area contributed by atoms with Crippen molar-refractivity contribution < 1.29 is 24.2 Å². The molecular formula is C34H33N3O5S2. The Morgan fingerprint density at radius 1 is 1.07 bits per heavy atom. The Hall–Kier alpha value is -4.15. The van der Waals surface area contributed by atoms with Crippen LogP contribution in [0.4, 0.5) is 5.13 Å². The number of anilines is 1. The molecule has 1 N–H and O–H groups in total. The van der Waals surface area contributed by atoms with Crippen molar-refractivity contribution in [1.29, 1.82) is 0 Å². The number of Topliss-reactive ketones (excluding diaryl/α,β-unsaturated/α-hetero) is 1. The van der Waals surface area contributed by atoms with Crippen molar-refractivity contribution in [3.63, 3.8) is 0 Å². The topological polar surface area (TPSA) is 102 Å². The first-order valence-corrected chi connectivity index (χ1v) is 16.6. The summed E-state index contributed by atoms with van der Waals surface area (Å²) in [6.07, 6.45) is 3.79. The van der Waals surface area contributed by atoms with Gasteiger partial charge < -0.3 is 14.6 Å². The number of fused-ring (bicyclic) bond motifs is 1. The molecule has 8 nitrogen and oxygen atoms in total. The number of benzene rings is 3. The highest BCUT2D eigenvalue weighted by Gasteiger charge is 2.48. The van der Waals surface area contributed by atoms with Crippen LogP contribution in [-0.4, -0.2) is 39.7 Å². The number of hydrogen-bond donors (Lipinski definition) is 1. The van der Waals surface area contributed by atoms with Crippen LogP contribution < -0.4 is 14.4 Å². The number of nitrogens with zero attached hydrogens (tertiary/aromatic N) is 3. The summed E-state index contributed by atoms with van der Waals surface area (Å²) in [5.41, 5.74) is 3.16. The Labute approximate surface area is 264 Å². The van der Waals surface area contributed by atoms with E-state index in [9.17, 15) is 14.7 Å². The first-order chi connectivity index (χ1) is 21.4. The highest BCUT2D eigenvalue weighted by molar-refractivity contribution is 8.00. The smallest absolute Gasteiger partial charge is 0.301 e. The molecular weight excluding hydrogens is 595 g/mol. The molecule has 2 atom stereocenters. The summed E-state index contributed by atoms with van der Waals surface area (Å²) >= 11 is 2.76. The van der Waals surface area contributed by atoms with Crippen molar-refractivity contribution >= 4 is 45.7 Å². The Bertz CT molecular complexity index is 1700. The molecule has 2 aliphatic heterocycles. The molecule has 226 valence electrons. The van der Waals surface area contributed by atoms with Gasteiger partial charge in [-0.05, 0) is 60.4 Å². The third-order valence-electron chi connectivity index (χ3n) is 7.61. The lowest BCUT2D eigenvalue weighted by atomic mass is 9.94. The number of thioether (sulfide) groups is 1. The van der Waals surface area contributed by atoms with Gasteiger partial charge in [-0.3, -0.25) is 14.5 Å². The average molecular weight is 628 g/mol. The van der Waals surface area contributed by atoms with E-state index in [-0.39, 0.29) is 22.6 Å². The summed E-state index contributed by atoms with van der Waals surface area (Å²) in [5.74, 6) is 0.295. The number of rotatable bonds is 11. The van der Waals surface area contributed by atoms with Gasteiger partial charge >= 0.3 is 5.91 Å². The fourth-order valence-corrected chi connectivity index (χ4v) is 7.29. The van der Waals surface area contributed by atoms with E-state index in [0.29, 0.717) is 40.0 Å². The van der Waals surface area contributed by atoms with E-state index in [0.717, 1.165) is 36.1 Å². The minimum absolute atomic E-state index is 0.00117. The van der Waals surface area contributed by atoms with Gasteiger partial charge in [-0.15, -0.1) is 10.2 Å². The molecule has 2 aliphatic rings. The molecule has 44 heavy (non-hydrogen) atoms. The Morgan fingerprint density at radius 2 is 1.91 bits per heavy atom. The molecule has 1 saturated heterocycles. The molecule has 0 spiro atoms. The van der Waals surface area contributed by atoms with Gasteiger partial charge in [0.05, 0.1) is 18.2 Å². The van der Waals surface area contributed by atoms with Gasteiger partial charge in [-0.1, -0.05) is 85.3 Å². The van der Waals surface area contributed by atoms with Gasteiger partial charge in [0.25, 0.3) is 5.78 Å². The standard InChI is InChI=1S/C34H33N3O5S2/c1-3-4-8-16-41-26-13-9-12-23(19-26)29-28(30(38)24-14-15-27-25(18-24)17-21(2)42-27)31(39)32(40)37(29)33-35-36-34(44-33)43-20-22-10-6-5-7-11-22/h5-7,9-15,18-19,21,29,38H,3-4,8,16-17,20H2,1-2H3/t21-,29-/m0/s1. The zero-order valence-corrected chi connectivity index (χ0v) is 26.2. The number of ether oxygens (including phenoxy) is 2.